The quantitative estimate of drug-likeness (QED) is 0.742. The summed E-state index contributed by atoms with van der Waals surface area (Å²) in [5.41, 5.74) is 0. The Morgan fingerprint density at radius 2 is 2.36 bits per heavy atom. The Labute approximate surface area is 87.9 Å². The summed E-state index contributed by atoms with van der Waals surface area (Å²) in [5.74, 6) is 1.40. The number of ether oxygens (including phenoxy) is 1. The van der Waals surface area contributed by atoms with E-state index in [4.69, 9.17) is 16.3 Å². The Hall–Kier alpha value is -1.28. The molecule has 1 heterocycles. The predicted molar refractivity (Wildman–Crippen MR) is 55.8 cm³/mol. The van der Waals surface area contributed by atoms with Crippen molar-refractivity contribution in [3.05, 3.63) is 53.9 Å². The van der Waals surface area contributed by atoms with Crippen LogP contribution in [0, 0.1) is 6.42 Å². The van der Waals surface area contributed by atoms with Gasteiger partial charge in [0.2, 0.25) is 0 Å². The van der Waals surface area contributed by atoms with Crippen molar-refractivity contribution < 1.29 is 4.74 Å². The second-order valence-electron chi connectivity index (χ2n) is 2.85. The SMILES string of the molecule is ClC1=C[CH]CC=C1Oc1cccnc1. The summed E-state index contributed by atoms with van der Waals surface area (Å²) in [7, 11) is 0. The summed E-state index contributed by atoms with van der Waals surface area (Å²) in [6, 6.07) is 3.67. The average molecular weight is 207 g/mol. The van der Waals surface area contributed by atoms with E-state index in [1.165, 1.54) is 0 Å². The molecule has 1 aromatic rings. The van der Waals surface area contributed by atoms with E-state index in [0.29, 0.717) is 16.5 Å². The lowest BCUT2D eigenvalue weighted by atomic mass is 10.2. The van der Waals surface area contributed by atoms with Crippen molar-refractivity contribution in [2.24, 2.45) is 0 Å². The molecular formula is C11H9ClNO. The third kappa shape index (κ3) is 2.15. The minimum Gasteiger partial charge on any atom is -0.455 e. The zero-order valence-electron chi connectivity index (χ0n) is 7.48. The van der Waals surface area contributed by atoms with Crippen molar-refractivity contribution in [3.8, 4) is 5.75 Å². The molecule has 0 aromatic carbocycles. The van der Waals surface area contributed by atoms with Gasteiger partial charge in [0.15, 0.2) is 0 Å². The standard InChI is InChI=1S/C11H9ClNO/c12-10-5-1-2-6-11(10)14-9-4-3-7-13-8-9/h1,3-8H,2H2. The van der Waals surface area contributed by atoms with Crippen LogP contribution in [0.5, 0.6) is 5.75 Å². The maximum Gasteiger partial charge on any atom is 0.145 e. The number of pyridine rings is 1. The number of aromatic nitrogens is 1. The molecular weight excluding hydrogens is 198 g/mol. The molecule has 2 rings (SSSR count). The fraction of sp³-hybridized carbons (Fsp3) is 0.0909. The number of halogens is 1. The Morgan fingerprint density at radius 3 is 3.07 bits per heavy atom. The van der Waals surface area contributed by atoms with Crippen LogP contribution in [0.2, 0.25) is 0 Å². The van der Waals surface area contributed by atoms with Gasteiger partial charge >= 0.3 is 0 Å². The van der Waals surface area contributed by atoms with E-state index in [9.17, 15) is 0 Å². The third-order valence-corrected chi connectivity index (χ3v) is 2.11. The van der Waals surface area contributed by atoms with Gasteiger partial charge in [0.1, 0.15) is 11.5 Å². The molecule has 0 saturated heterocycles. The van der Waals surface area contributed by atoms with Crippen molar-refractivity contribution in [2.75, 3.05) is 0 Å². The number of nitrogens with zero attached hydrogens (tertiary/aromatic N) is 1. The van der Waals surface area contributed by atoms with E-state index >= 15 is 0 Å². The smallest absolute Gasteiger partial charge is 0.145 e. The Morgan fingerprint density at radius 1 is 1.43 bits per heavy atom. The van der Waals surface area contributed by atoms with Crippen LogP contribution < -0.4 is 4.74 Å². The average Bonchev–Trinajstić information content (AvgIpc) is 2.23. The lowest BCUT2D eigenvalue weighted by Crippen LogP contribution is -1.99. The van der Waals surface area contributed by atoms with Gasteiger partial charge in [-0.25, -0.2) is 0 Å². The minimum absolute atomic E-state index is 0.625. The summed E-state index contributed by atoms with van der Waals surface area (Å²) < 4.78 is 5.55. The highest BCUT2D eigenvalue weighted by molar-refractivity contribution is 6.31. The molecule has 3 heteroatoms. The van der Waals surface area contributed by atoms with Gasteiger partial charge in [0.05, 0.1) is 11.2 Å². The first-order valence-electron chi connectivity index (χ1n) is 4.33. The first kappa shape index (κ1) is 9.28. The topological polar surface area (TPSA) is 22.1 Å². The van der Waals surface area contributed by atoms with Crippen LogP contribution in [-0.4, -0.2) is 4.98 Å². The largest absolute Gasteiger partial charge is 0.455 e. The zero-order chi connectivity index (χ0) is 9.80. The molecule has 0 fully saturated rings. The van der Waals surface area contributed by atoms with Crippen molar-refractivity contribution in [1.29, 1.82) is 0 Å². The van der Waals surface area contributed by atoms with E-state index < -0.39 is 0 Å². The summed E-state index contributed by atoms with van der Waals surface area (Å²) in [4.78, 5) is 3.95. The molecule has 0 unspecified atom stereocenters. The molecule has 1 aliphatic rings. The van der Waals surface area contributed by atoms with E-state index in [2.05, 4.69) is 4.98 Å². The molecule has 1 aliphatic carbocycles. The number of rotatable bonds is 2. The summed E-state index contributed by atoms with van der Waals surface area (Å²) >= 11 is 5.95. The fourth-order valence-electron chi connectivity index (χ4n) is 1.15. The maximum atomic E-state index is 5.95. The molecule has 1 radical (unpaired) electrons. The van der Waals surface area contributed by atoms with Crippen LogP contribution in [0.3, 0.4) is 0 Å². The lowest BCUT2D eigenvalue weighted by molar-refractivity contribution is 0.436. The Kier molecular flexibility index (Phi) is 2.84. The van der Waals surface area contributed by atoms with Gasteiger partial charge < -0.3 is 4.74 Å². The number of hydrogen-bond acceptors (Lipinski definition) is 2. The molecule has 0 aliphatic heterocycles. The molecule has 0 N–H and O–H groups in total. The van der Waals surface area contributed by atoms with Crippen LogP contribution in [0.4, 0.5) is 0 Å². The van der Waals surface area contributed by atoms with Crippen molar-refractivity contribution in [1.82, 2.24) is 4.98 Å². The van der Waals surface area contributed by atoms with Crippen molar-refractivity contribution >= 4 is 11.6 Å². The molecule has 2 nitrogen and oxygen atoms in total. The highest BCUT2D eigenvalue weighted by Crippen LogP contribution is 2.24. The van der Waals surface area contributed by atoms with Gasteiger partial charge in [-0.2, -0.15) is 0 Å². The van der Waals surface area contributed by atoms with E-state index in [0.717, 1.165) is 6.42 Å². The van der Waals surface area contributed by atoms with Crippen LogP contribution in [0.1, 0.15) is 6.42 Å². The van der Waals surface area contributed by atoms with Gasteiger partial charge in [0.25, 0.3) is 0 Å². The third-order valence-electron chi connectivity index (χ3n) is 1.80. The predicted octanol–water partition coefficient (Wildman–Crippen LogP) is 3.07. The Bertz CT molecular complexity index is 370. The van der Waals surface area contributed by atoms with Gasteiger partial charge in [-0.3, -0.25) is 4.98 Å². The second kappa shape index (κ2) is 4.29. The van der Waals surface area contributed by atoms with Crippen LogP contribution in [-0.2, 0) is 0 Å². The van der Waals surface area contributed by atoms with Gasteiger partial charge in [-0.1, -0.05) is 17.7 Å². The van der Waals surface area contributed by atoms with E-state index in [1.807, 2.05) is 30.7 Å². The second-order valence-corrected chi connectivity index (χ2v) is 3.25. The maximum absolute atomic E-state index is 5.95. The lowest BCUT2D eigenvalue weighted by Gasteiger charge is -2.11. The molecule has 71 valence electrons. The van der Waals surface area contributed by atoms with Crippen molar-refractivity contribution in [3.63, 3.8) is 0 Å². The van der Waals surface area contributed by atoms with Crippen LogP contribution in [0.15, 0.2) is 47.5 Å². The van der Waals surface area contributed by atoms with Gasteiger partial charge in [0, 0.05) is 6.20 Å². The molecule has 14 heavy (non-hydrogen) atoms. The van der Waals surface area contributed by atoms with Crippen LogP contribution in [0.25, 0.3) is 0 Å². The monoisotopic (exact) mass is 206 g/mol. The van der Waals surface area contributed by atoms with E-state index in [-0.39, 0.29) is 0 Å². The molecule has 0 spiro atoms. The summed E-state index contributed by atoms with van der Waals surface area (Å²) in [6.07, 6.45) is 9.98. The van der Waals surface area contributed by atoms with Gasteiger partial charge in [-0.15, -0.1) is 0 Å². The molecule has 0 bridgehead atoms. The molecule has 0 saturated carbocycles. The highest BCUT2D eigenvalue weighted by Gasteiger charge is 2.08. The molecule has 0 atom stereocenters. The van der Waals surface area contributed by atoms with E-state index in [1.54, 1.807) is 12.4 Å². The summed E-state index contributed by atoms with van der Waals surface area (Å²) in [6.45, 7) is 0. The zero-order valence-corrected chi connectivity index (χ0v) is 8.24. The Balaban J connectivity index is 2.12. The normalized spacial score (nSPS) is 15.8. The summed E-state index contributed by atoms with van der Waals surface area (Å²) in [5, 5.41) is 0.625. The van der Waals surface area contributed by atoms with Crippen LogP contribution >= 0.6 is 11.6 Å². The molecule has 0 amide bonds. The van der Waals surface area contributed by atoms with Gasteiger partial charge in [-0.05, 0) is 31.1 Å². The number of hydrogen-bond donors (Lipinski definition) is 0. The first-order chi connectivity index (χ1) is 6.86. The molecule has 1 aromatic heterocycles. The van der Waals surface area contributed by atoms with Crippen molar-refractivity contribution in [2.45, 2.75) is 6.42 Å². The highest BCUT2D eigenvalue weighted by atomic mass is 35.5. The minimum atomic E-state index is 0.625. The number of allylic oxidation sites excluding steroid dienone is 3. The fourth-order valence-corrected chi connectivity index (χ4v) is 1.36. The first-order valence-corrected chi connectivity index (χ1v) is 4.71.